The summed E-state index contributed by atoms with van der Waals surface area (Å²) in [5.74, 6) is 0.856. The Morgan fingerprint density at radius 3 is 2.66 bits per heavy atom. The number of aromatic nitrogens is 5. The molecule has 0 unspecified atom stereocenters. The maximum atomic E-state index is 12.6. The number of rotatable bonds is 12. The van der Waals surface area contributed by atoms with Gasteiger partial charge in [0.05, 0.1) is 19.8 Å². The van der Waals surface area contributed by atoms with Crippen LogP contribution in [0.1, 0.15) is 30.9 Å². The molecule has 0 spiro atoms. The van der Waals surface area contributed by atoms with E-state index in [4.69, 9.17) is 15.6 Å². The predicted octanol–water partition coefficient (Wildman–Crippen LogP) is 2.15. The summed E-state index contributed by atoms with van der Waals surface area (Å²) in [6, 6.07) is 11.9. The number of nitrogens with one attached hydrogen (secondary N) is 3. The largest absolute Gasteiger partial charge is 0.463 e. The van der Waals surface area contributed by atoms with Gasteiger partial charge in [0.1, 0.15) is 11.3 Å². The van der Waals surface area contributed by atoms with Gasteiger partial charge in [0, 0.05) is 25.0 Å². The molecule has 0 aliphatic heterocycles. The minimum Gasteiger partial charge on any atom is -0.463 e. The quantitative estimate of drug-likeness (QED) is 0.193. The van der Waals surface area contributed by atoms with Gasteiger partial charge in [-0.15, -0.1) is 0 Å². The van der Waals surface area contributed by atoms with E-state index in [1.165, 1.54) is 4.57 Å². The molecule has 0 aliphatic carbocycles. The average molecular weight is 479 g/mol. The zero-order valence-electron chi connectivity index (χ0n) is 19.6. The summed E-state index contributed by atoms with van der Waals surface area (Å²) in [6.45, 7) is 4.20. The highest BCUT2D eigenvalue weighted by Crippen LogP contribution is 2.20. The standard InChI is InChI=1S/C24H30N8O3/c1-2-3-12-35-23-30-21(25)20-22(31-23)32(24(34)29-20)15-17-6-9-19(27-14-17)28-18-7-4-16(5-8-18)13-26-10-11-33/h4-9,14,26,33H,2-3,10-13,15H2,1H3,(H,27,28)(H,29,34)(H2,25,30,31). The van der Waals surface area contributed by atoms with Gasteiger partial charge in [-0.2, -0.15) is 9.97 Å². The molecule has 0 radical (unpaired) electrons. The van der Waals surface area contributed by atoms with E-state index in [1.807, 2.05) is 36.4 Å². The number of nitrogen functional groups attached to an aromatic ring is 1. The van der Waals surface area contributed by atoms with Crippen molar-refractivity contribution in [2.45, 2.75) is 32.9 Å². The Morgan fingerprint density at radius 2 is 1.94 bits per heavy atom. The number of aromatic amines is 1. The number of nitrogens with two attached hydrogens (primary N) is 1. The molecule has 184 valence electrons. The minimum atomic E-state index is -0.331. The van der Waals surface area contributed by atoms with Gasteiger partial charge < -0.3 is 31.2 Å². The Balaban J connectivity index is 1.45. The van der Waals surface area contributed by atoms with E-state index in [0.717, 1.165) is 29.7 Å². The van der Waals surface area contributed by atoms with Crippen LogP contribution in [0.25, 0.3) is 11.2 Å². The second-order valence-electron chi connectivity index (χ2n) is 8.08. The van der Waals surface area contributed by atoms with Crippen molar-refractivity contribution in [3.8, 4) is 6.01 Å². The first-order chi connectivity index (χ1) is 17.1. The normalized spacial score (nSPS) is 11.1. The lowest BCUT2D eigenvalue weighted by atomic mass is 10.2. The van der Waals surface area contributed by atoms with Crippen molar-refractivity contribution in [1.29, 1.82) is 0 Å². The number of pyridine rings is 1. The van der Waals surface area contributed by atoms with Crippen molar-refractivity contribution in [1.82, 2.24) is 29.8 Å². The molecule has 4 aromatic rings. The Morgan fingerprint density at radius 1 is 1.14 bits per heavy atom. The van der Waals surface area contributed by atoms with E-state index in [0.29, 0.717) is 36.7 Å². The smallest absolute Gasteiger partial charge is 0.328 e. The van der Waals surface area contributed by atoms with Crippen molar-refractivity contribution in [3.05, 3.63) is 64.2 Å². The van der Waals surface area contributed by atoms with Crippen LogP contribution in [0.3, 0.4) is 0 Å². The molecule has 3 heterocycles. The lowest BCUT2D eigenvalue weighted by molar-refractivity contribution is 0.286. The molecule has 35 heavy (non-hydrogen) atoms. The van der Waals surface area contributed by atoms with Gasteiger partial charge in [0.25, 0.3) is 0 Å². The molecule has 0 bridgehead atoms. The minimum absolute atomic E-state index is 0.118. The molecule has 6 N–H and O–H groups in total. The molecule has 0 saturated heterocycles. The van der Waals surface area contributed by atoms with Gasteiger partial charge in [-0.05, 0) is 35.7 Å². The Bertz CT molecular complexity index is 1300. The molecule has 11 nitrogen and oxygen atoms in total. The third-order valence-electron chi connectivity index (χ3n) is 5.37. The topological polar surface area (TPSA) is 156 Å². The number of ether oxygens (including phenoxy) is 1. The van der Waals surface area contributed by atoms with Crippen LogP contribution in [0.15, 0.2) is 47.4 Å². The molecule has 0 atom stereocenters. The monoisotopic (exact) mass is 478 g/mol. The van der Waals surface area contributed by atoms with Crippen molar-refractivity contribution < 1.29 is 9.84 Å². The van der Waals surface area contributed by atoms with Crippen molar-refractivity contribution in [3.63, 3.8) is 0 Å². The number of hydrogen-bond acceptors (Lipinski definition) is 9. The fraction of sp³-hybridized carbons (Fsp3) is 0.333. The van der Waals surface area contributed by atoms with E-state index >= 15 is 0 Å². The summed E-state index contributed by atoms with van der Waals surface area (Å²) in [5, 5.41) is 15.3. The van der Waals surface area contributed by atoms with Crippen LogP contribution in [0.4, 0.5) is 17.3 Å². The zero-order chi connectivity index (χ0) is 24.6. The van der Waals surface area contributed by atoms with Crippen LogP contribution in [-0.4, -0.2) is 49.4 Å². The summed E-state index contributed by atoms with van der Waals surface area (Å²) in [6.07, 6.45) is 3.57. The molecule has 0 amide bonds. The van der Waals surface area contributed by atoms with Crippen molar-refractivity contribution in [2.24, 2.45) is 0 Å². The van der Waals surface area contributed by atoms with Crippen LogP contribution in [0, 0.1) is 0 Å². The van der Waals surface area contributed by atoms with Crippen LogP contribution in [0.5, 0.6) is 6.01 Å². The number of anilines is 3. The van der Waals surface area contributed by atoms with Crippen molar-refractivity contribution in [2.75, 3.05) is 30.8 Å². The zero-order valence-corrected chi connectivity index (χ0v) is 19.6. The first kappa shape index (κ1) is 24.2. The fourth-order valence-electron chi connectivity index (χ4n) is 3.49. The number of benzene rings is 1. The molecular weight excluding hydrogens is 448 g/mol. The second-order valence-corrected chi connectivity index (χ2v) is 8.08. The summed E-state index contributed by atoms with van der Waals surface area (Å²) >= 11 is 0. The molecular formula is C24H30N8O3. The molecule has 0 fully saturated rings. The lowest BCUT2D eigenvalue weighted by Gasteiger charge is -2.09. The summed E-state index contributed by atoms with van der Waals surface area (Å²) in [4.78, 5) is 28.3. The van der Waals surface area contributed by atoms with Gasteiger partial charge in [-0.3, -0.25) is 4.57 Å². The number of H-pyrrole nitrogens is 1. The third kappa shape index (κ3) is 6.14. The Hall–Kier alpha value is -3.96. The van der Waals surface area contributed by atoms with Gasteiger partial charge in [-0.1, -0.05) is 31.5 Å². The molecule has 1 aromatic carbocycles. The fourth-order valence-corrected chi connectivity index (χ4v) is 3.49. The molecule has 3 aromatic heterocycles. The summed E-state index contributed by atoms with van der Waals surface area (Å²) in [5.41, 5.74) is 9.33. The molecule has 0 saturated carbocycles. The van der Waals surface area contributed by atoms with Gasteiger partial charge in [-0.25, -0.2) is 9.78 Å². The van der Waals surface area contributed by atoms with E-state index in [1.54, 1.807) is 6.20 Å². The lowest BCUT2D eigenvalue weighted by Crippen LogP contribution is -2.18. The average Bonchev–Trinajstić information content (AvgIpc) is 3.17. The van der Waals surface area contributed by atoms with E-state index in [2.05, 4.69) is 37.5 Å². The maximum Gasteiger partial charge on any atom is 0.328 e. The van der Waals surface area contributed by atoms with Gasteiger partial charge >= 0.3 is 11.7 Å². The SMILES string of the molecule is CCCCOc1nc(N)c2[nH]c(=O)n(Cc3ccc(Nc4ccc(CNCCO)cc4)nc3)c2n1. The highest BCUT2D eigenvalue weighted by atomic mass is 16.5. The number of imidazole rings is 1. The number of unbranched alkanes of at least 4 members (excludes halogenated alkanes) is 1. The molecule has 11 heteroatoms. The number of aliphatic hydroxyl groups is 1. The van der Waals surface area contributed by atoms with Gasteiger partial charge in [0.15, 0.2) is 11.5 Å². The third-order valence-corrected chi connectivity index (χ3v) is 5.37. The summed E-state index contributed by atoms with van der Waals surface area (Å²) in [7, 11) is 0. The highest BCUT2D eigenvalue weighted by molar-refractivity contribution is 5.81. The number of hydrogen-bond donors (Lipinski definition) is 5. The van der Waals surface area contributed by atoms with E-state index in [9.17, 15) is 4.79 Å². The Kier molecular flexibility index (Phi) is 7.91. The predicted molar refractivity (Wildman–Crippen MR) is 135 cm³/mol. The molecule has 4 rings (SSSR count). The maximum absolute atomic E-state index is 12.6. The number of nitrogens with zero attached hydrogens (tertiary/aromatic N) is 4. The summed E-state index contributed by atoms with van der Waals surface area (Å²) < 4.78 is 7.08. The van der Waals surface area contributed by atoms with E-state index < -0.39 is 0 Å². The number of fused-ring (bicyclic) bond motifs is 1. The van der Waals surface area contributed by atoms with E-state index in [-0.39, 0.29) is 30.7 Å². The van der Waals surface area contributed by atoms with Crippen molar-refractivity contribution >= 4 is 28.5 Å². The van der Waals surface area contributed by atoms with Crippen LogP contribution in [0.2, 0.25) is 0 Å². The van der Waals surface area contributed by atoms with Gasteiger partial charge in [0.2, 0.25) is 0 Å². The van der Waals surface area contributed by atoms with Crippen LogP contribution in [-0.2, 0) is 13.1 Å². The molecule has 0 aliphatic rings. The van der Waals surface area contributed by atoms with Crippen LogP contribution < -0.4 is 26.8 Å². The number of aliphatic hydroxyl groups excluding tert-OH is 1. The second kappa shape index (κ2) is 11.4. The Labute approximate surface area is 202 Å². The van der Waals surface area contributed by atoms with Crippen LogP contribution >= 0.6 is 0 Å². The highest BCUT2D eigenvalue weighted by Gasteiger charge is 2.15. The first-order valence-corrected chi connectivity index (χ1v) is 11.6. The first-order valence-electron chi connectivity index (χ1n) is 11.6.